The Morgan fingerprint density at radius 1 is 0.787 bits per heavy atom. The molecule has 0 radical (unpaired) electrons. The number of carboxylic acid groups (broad SMARTS) is 1. The van der Waals surface area contributed by atoms with Gasteiger partial charge in [0.1, 0.15) is 91.4 Å². The summed E-state index contributed by atoms with van der Waals surface area (Å²) >= 11 is 0. The molecule has 0 bridgehead atoms. The first-order valence-electron chi connectivity index (χ1n) is 24.4. The number of hydrogen-bond acceptors (Lipinski definition) is 24. The maximum absolute atomic E-state index is 14.4. The molecule has 27 heteroatoms. The number of rotatable bonds is 23. The van der Waals surface area contributed by atoms with Crippen molar-refractivity contribution in [2.75, 3.05) is 33.0 Å². The van der Waals surface area contributed by atoms with E-state index in [0.29, 0.717) is 31.2 Å². The van der Waals surface area contributed by atoms with Gasteiger partial charge in [0.25, 0.3) is 5.91 Å². The molecule has 0 aliphatic carbocycles. The fourth-order valence-electron chi connectivity index (χ4n) is 9.32. The van der Waals surface area contributed by atoms with Crippen LogP contribution in [0.3, 0.4) is 0 Å². The number of carboxylic acids is 1. The number of benzene rings is 2. The number of unbranched alkanes of at least 4 members (excludes halogenated alkanes) is 2. The second-order valence-corrected chi connectivity index (χ2v) is 18.7. The van der Waals surface area contributed by atoms with Crippen molar-refractivity contribution in [2.45, 2.75) is 168 Å². The second-order valence-electron chi connectivity index (χ2n) is 18.7. The summed E-state index contributed by atoms with van der Waals surface area (Å²) in [4.78, 5) is 51.2. The molecular weight excluding hydrogens is 1000 g/mol. The monoisotopic (exact) mass is 1070 g/mol. The lowest BCUT2D eigenvalue weighted by Crippen LogP contribution is -2.72. The number of amides is 3. The lowest BCUT2D eigenvalue weighted by Gasteiger charge is -2.53. The van der Waals surface area contributed by atoms with Gasteiger partial charge < -0.3 is 120 Å². The van der Waals surface area contributed by atoms with E-state index >= 15 is 0 Å². The maximum Gasteiger partial charge on any atom is 0.251 e. The van der Waals surface area contributed by atoms with Crippen LogP contribution in [0.5, 0.6) is 0 Å². The van der Waals surface area contributed by atoms with E-state index in [2.05, 4.69) is 22.5 Å². The highest BCUT2D eigenvalue weighted by atomic mass is 16.8. The summed E-state index contributed by atoms with van der Waals surface area (Å²) < 4.78 is 48.2. The Balaban J connectivity index is 1.37. The number of ether oxygens (including phenoxy) is 8. The maximum atomic E-state index is 14.4. The lowest BCUT2D eigenvalue weighted by atomic mass is 9.88. The molecule has 2 aromatic rings. The van der Waals surface area contributed by atoms with Gasteiger partial charge in [-0.2, -0.15) is 0 Å². The molecule has 0 aromatic heterocycles. The summed E-state index contributed by atoms with van der Waals surface area (Å²) in [6.07, 6.45) is -33.2. The standard InChI is InChI=1S/C48H69N3O24/c1-4-30(58)49-14-8-5-9-15-68-44-32(51-43(65)25-13-12-23-10-6-7-11-24(23)16-25)41(73-45-37(63)36(62)33(59)21(2)69-45)39(29(20-54)71-44)72-46-38(64)42(35(61)28(19-53)70-46)75-48(47(66)67)17-26(56)31(50-22(3)55)40(74-48)34(60)27(57)18-52/h4,6-7,10-13,16,21,26-29,31-42,44-46,52-54,56-57,59-64H,1,5,8-9,14-15,17-20H2,2-3H3,(H,49,58)(H,50,55)(H,51,65)(H,66,67)/p-1/t21-,26-,27+,28+,29+,31+,32+,33+,34+,35-,36+,37-,38+,39+,40+,41+,42-,44+,45-,46-,48-/m0/s1. The Bertz CT molecular complexity index is 2230. The minimum absolute atomic E-state index is 0.0673. The summed E-state index contributed by atoms with van der Waals surface area (Å²) in [6.45, 7) is 2.87. The van der Waals surface area contributed by atoms with Gasteiger partial charge in [0, 0.05) is 32.1 Å². The molecule has 4 saturated heterocycles. The predicted molar refractivity (Wildman–Crippen MR) is 249 cm³/mol. The van der Waals surface area contributed by atoms with Crippen LogP contribution >= 0.6 is 0 Å². The first-order valence-corrected chi connectivity index (χ1v) is 24.4. The molecule has 420 valence electrons. The largest absolute Gasteiger partial charge is 0.544 e. The van der Waals surface area contributed by atoms with Gasteiger partial charge in [-0.05, 0) is 55.2 Å². The van der Waals surface area contributed by atoms with Gasteiger partial charge in [0.05, 0.1) is 38.1 Å². The number of aliphatic hydroxyl groups excluding tert-OH is 11. The smallest absolute Gasteiger partial charge is 0.251 e. The van der Waals surface area contributed by atoms with Crippen molar-refractivity contribution in [2.24, 2.45) is 0 Å². The Morgan fingerprint density at radius 3 is 2.11 bits per heavy atom. The Morgan fingerprint density at radius 2 is 1.45 bits per heavy atom. The van der Waals surface area contributed by atoms with E-state index in [1.807, 2.05) is 6.07 Å². The van der Waals surface area contributed by atoms with Crippen LogP contribution in [0.15, 0.2) is 55.1 Å². The molecule has 0 saturated carbocycles. The summed E-state index contributed by atoms with van der Waals surface area (Å²) in [5, 5.41) is 142. The van der Waals surface area contributed by atoms with Gasteiger partial charge in [-0.15, -0.1) is 0 Å². The highest BCUT2D eigenvalue weighted by Gasteiger charge is 2.59. The minimum Gasteiger partial charge on any atom is -0.544 e. The molecule has 0 unspecified atom stereocenters. The zero-order valence-electron chi connectivity index (χ0n) is 41.0. The number of aliphatic hydroxyl groups is 11. The first-order chi connectivity index (χ1) is 35.7. The van der Waals surface area contributed by atoms with Gasteiger partial charge in [0.15, 0.2) is 18.9 Å². The summed E-state index contributed by atoms with van der Waals surface area (Å²) in [7, 11) is 0. The van der Waals surface area contributed by atoms with Crippen molar-refractivity contribution in [3.8, 4) is 0 Å². The van der Waals surface area contributed by atoms with Gasteiger partial charge in [-0.3, -0.25) is 14.4 Å². The molecule has 4 aliphatic rings. The van der Waals surface area contributed by atoms with Crippen molar-refractivity contribution < 1.29 is 118 Å². The average Bonchev–Trinajstić information content (AvgIpc) is 3.39. The Labute approximate surface area is 429 Å². The van der Waals surface area contributed by atoms with Gasteiger partial charge in [-0.25, -0.2) is 0 Å². The van der Waals surface area contributed by atoms with Crippen LogP contribution in [0.1, 0.15) is 49.9 Å². The van der Waals surface area contributed by atoms with Crippen molar-refractivity contribution >= 4 is 34.5 Å². The second kappa shape index (κ2) is 26.7. The molecule has 75 heavy (non-hydrogen) atoms. The normalized spacial score (nSPS) is 37.0. The number of nitrogens with one attached hydrogen (secondary N) is 3. The van der Waals surface area contributed by atoms with Crippen LogP contribution in [0.25, 0.3) is 10.8 Å². The van der Waals surface area contributed by atoms with E-state index in [4.69, 9.17) is 37.9 Å². The zero-order chi connectivity index (χ0) is 54.9. The van der Waals surface area contributed by atoms with Crippen LogP contribution in [-0.2, 0) is 52.3 Å². The SMILES string of the molecule is C=CC(=O)NCCCCCO[C@@H]1O[C@H](CO)[C@@H](O[C@@H]2O[C@H](CO)[C@H](O)[C@H](O[C@]3(C(=O)[O-])C[C@H](O)[C@@H](NC(C)=O)[C@H]([C@H](O)[C@H](O)CO)O3)[C@H]2O)[C@H](O[C@@H]2O[C@@H](C)[C@@H](O)[C@@H](O)[C@@H]2O)[C@H]1NC(=O)c1ccc2ccccc2c1. The fourth-order valence-corrected chi connectivity index (χ4v) is 9.32. The number of carbonyl (C=O) groups is 4. The molecule has 4 heterocycles. The van der Waals surface area contributed by atoms with Crippen LogP contribution in [0.2, 0.25) is 0 Å². The van der Waals surface area contributed by atoms with E-state index < -0.39 is 172 Å². The average molecular weight is 1070 g/mol. The van der Waals surface area contributed by atoms with E-state index in [9.17, 15) is 80.5 Å². The zero-order valence-corrected chi connectivity index (χ0v) is 41.0. The number of aliphatic carboxylic acids is 1. The third-order valence-electron chi connectivity index (χ3n) is 13.4. The van der Waals surface area contributed by atoms with Crippen molar-refractivity contribution in [1.29, 1.82) is 0 Å². The molecular formula is C48H68N3O24-. The molecule has 4 fully saturated rings. The topological polar surface area (TPSA) is 424 Å². The molecule has 2 aromatic carbocycles. The first kappa shape index (κ1) is 59.8. The number of fused-ring (bicyclic) bond motifs is 1. The highest BCUT2D eigenvalue weighted by molar-refractivity contribution is 5.98. The van der Waals surface area contributed by atoms with E-state index in [1.165, 1.54) is 13.0 Å². The lowest BCUT2D eigenvalue weighted by molar-refractivity contribution is -0.412. The summed E-state index contributed by atoms with van der Waals surface area (Å²) in [6, 6.07) is 8.72. The highest BCUT2D eigenvalue weighted by Crippen LogP contribution is 2.39. The molecule has 6 rings (SSSR count). The molecule has 27 nitrogen and oxygen atoms in total. The Hall–Kier alpha value is -4.44. The molecule has 14 N–H and O–H groups in total. The number of hydrogen-bond donors (Lipinski definition) is 14. The van der Waals surface area contributed by atoms with Gasteiger partial charge >= 0.3 is 0 Å². The van der Waals surface area contributed by atoms with Crippen molar-refractivity contribution in [3.63, 3.8) is 0 Å². The molecule has 3 amide bonds. The predicted octanol–water partition coefficient (Wildman–Crippen LogP) is -6.62. The van der Waals surface area contributed by atoms with E-state index in [1.54, 1.807) is 30.3 Å². The Kier molecular flexibility index (Phi) is 21.3. The molecule has 21 atom stereocenters. The molecule has 0 spiro atoms. The van der Waals surface area contributed by atoms with Crippen LogP contribution < -0.4 is 21.1 Å². The quantitative estimate of drug-likeness (QED) is 0.0363. The third-order valence-corrected chi connectivity index (χ3v) is 13.4. The van der Waals surface area contributed by atoms with Crippen LogP contribution in [-0.4, -0.2) is 241 Å². The van der Waals surface area contributed by atoms with Gasteiger partial charge in [-0.1, -0.05) is 36.9 Å². The third kappa shape index (κ3) is 14.0. The minimum atomic E-state index is -3.27. The van der Waals surface area contributed by atoms with Crippen molar-refractivity contribution in [1.82, 2.24) is 16.0 Å². The van der Waals surface area contributed by atoms with E-state index in [0.717, 1.165) is 18.4 Å². The van der Waals surface area contributed by atoms with Gasteiger partial charge in [0.2, 0.25) is 17.6 Å². The fraction of sp³-hybridized carbons (Fsp3) is 0.667. The number of carbonyl (C=O) groups excluding carboxylic acids is 4. The summed E-state index contributed by atoms with van der Waals surface area (Å²) in [5.74, 6) is -7.47. The van der Waals surface area contributed by atoms with Crippen LogP contribution in [0, 0.1) is 0 Å². The van der Waals surface area contributed by atoms with Crippen molar-refractivity contribution in [3.05, 3.63) is 60.7 Å². The van der Waals surface area contributed by atoms with E-state index in [-0.39, 0.29) is 18.1 Å². The molecule has 4 aliphatic heterocycles. The summed E-state index contributed by atoms with van der Waals surface area (Å²) in [5.41, 5.74) is 0.113. The van der Waals surface area contributed by atoms with Crippen LogP contribution in [0.4, 0.5) is 0 Å².